The first-order chi connectivity index (χ1) is 8.01. The molecule has 0 radical (unpaired) electrons. The molecule has 0 aliphatic heterocycles. The van der Waals surface area contributed by atoms with E-state index in [4.69, 9.17) is 0 Å². The van der Waals surface area contributed by atoms with E-state index in [1.165, 1.54) is 36.9 Å². The van der Waals surface area contributed by atoms with Gasteiger partial charge in [-0.05, 0) is 36.0 Å². The van der Waals surface area contributed by atoms with Gasteiger partial charge in [-0.15, -0.1) is 0 Å². The summed E-state index contributed by atoms with van der Waals surface area (Å²) in [5, 5.41) is 3.48. The van der Waals surface area contributed by atoms with Crippen molar-refractivity contribution in [2.75, 3.05) is 11.9 Å². The van der Waals surface area contributed by atoms with E-state index in [0.717, 1.165) is 6.54 Å². The number of hydrogen-bond acceptors (Lipinski definition) is 1. The molecule has 0 aromatic heterocycles. The minimum atomic E-state index is 0.333. The lowest BCUT2D eigenvalue weighted by molar-refractivity contribution is 0.443. The van der Waals surface area contributed by atoms with Crippen molar-refractivity contribution in [2.45, 2.75) is 53.4 Å². The molecule has 1 rings (SSSR count). The summed E-state index contributed by atoms with van der Waals surface area (Å²) in [5.41, 5.74) is 3.03. The van der Waals surface area contributed by atoms with Gasteiger partial charge in [0, 0.05) is 12.2 Å². The number of rotatable bonds is 6. The summed E-state index contributed by atoms with van der Waals surface area (Å²) in [7, 11) is 0. The lowest BCUT2D eigenvalue weighted by Crippen LogP contribution is -2.18. The number of hydrogen-bond donors (Lipinski definition) is 1. The van der Waals surface area contributed by atoms with E-state index in [1.807, 2.05) is 0 Å². The van der Waals surface area contributed by atoms with Crippen molar-refractivity contribution in [3.05, 3.63) is 29.8 Å². The summed E-state index contributed by atoms with van der Waals surface area (Å²) in [6.45, 7) is 10.0. The Kier molecular flexibility index (Phi) is 5.54. The minimum absolute atomic E-state index is 0.333. The zero-order valence-corrected chi connectivity index (χ0v) is 11.8. The Bertz CT molecular complexity index is 305. The maximum Gasteiger partial charge on any atom is 0.0340 e. The van der Waals surface area contributed by atoms with Crippen molar-refractivity contribution >= 4 is 5.69 Å². The second kappa shape index (κ2) is 6.68. The molecule has 96 valence electrons. The van der Waals surface area contributed by atoms with Crippen LogP contribution >= 0.6 is 0 Å². The van der Waals surface area contributed by atoms with E-state index in [9.17, 15) is 0 Å². The minimum Gasteiger partial charge on any atom is -0.385 e. The molecule has 1 aromatic carbocycles. The fourth-order valence-electron chi connectivity index (χ4n) is 1.74. The zero-order chi connectivity index (χ0) is 12.7. The lowest BCUT2D eigenvalue weighted by Gasteiger charge is -2.19. The van der Waals surface area contributed by atoms with E-state index in [-0.39, 0.29) is 0 Å². The molecule has 1 nitrogen and oxygen atoms in total. The molecule has 0 spiro atoms. The van der Waals surface area contributed by atoms with E-state index < -0.39 is 0 Å². The van der Waals surface area contributed by atoms with Gasteiger partial charge in [0.25, 0.3) is 0 Å². The zero-order valence-electron chi connectivity index (χ0n) is 11.8. The van der Waals surface area contributed by atoms with E-state index in [0.29, 0.717) is 5.41 Å². The maximum absolute atomic E-state index is 3.48. The van der Waals surface area contributed by atoms with Crippen LogP contribution in [-0.2, 0) is 6.42 Å². The van der Waals surface area contributed by atoms with Crippen molar-refractivity contribution < 1.29 is 0 Å². The number of benzene rings is 1. The summed E-state index contributed by atoms with van der Waals surface area (Å²) in [4.78, 5) is 0. The average Bonchev–Trinajstić information content (AvgIpc) is 2.27. The highest BCUT2D eigenvalue weighted by Gasteiger charge is 2.08. The van der Waals surface area contributed by atoms with E-state index in [2.05, 4.69) is 57.3 Å². The Hall–Kier alpha value is -0.980. The van der Waals surface area contributed by atoms with Crippen LogP contribution in [0.25, 0.3) is 0 Å². The van der Waals surface area contributed by atoms with Gasteiger partial charge < -0.3 is 5.32 Å². The van der Waals surface area contributed by atoms with E-state index in [1.54, 1.807) is 0 Å². The molecule has 0 fully saturated rings. The van der Waals surface area contributed by atoms with Gasteiger partial charge in [0.15, 0.2) is 0 Å². The topological polar surface area (TPSA) is 12.0 Å². The Labute approximate surface area is 107 Å². The third-order valence-corrected chi connectivity index (χ3v) is 2.85. The molecule has 0 heterocycles. The molecule has 0 amide bonds. The predicted molar refractivity (Wildman–Crippen MR) is 77.6 cm³/mol. The van der Waals surface area contributed by atoms with Gasteiger partial charge >= 0.3 is 0 Å². The normalized spacial score (nSPS) is 11.5. The smallest absolute Gasteiger partial charge is 0.0340 e. The van der Waals surface area contributed by atoms with Crippen LogP contribution in [0.1, 0.15) is 52.5 Å². The molecule has 0 unspecified atom stereocenters. The monoisotopic (exact) mass is 233 g/mol. The van der Waals surface area contributed by atoms with Crippen LogP contribution in [0.4, 0.5) is 5.69 Å². The Morgan fingerprint density at radius 2 is 1.65 bits per heavy atom. The highest BCUT2D eigenvalue weighted by Crippen LogP contribution is 2.16. The molecular weight excluding hydrogens is 206 g/mol. The second-order valence-electron chi connectivity index (χ2n) is 6.07. The first-order valence-corrected chi connectivity index (χ1v) is 6.84. The van der Waals surface area contributed by atoms with Crippen LogP contribution in [0.15, 0.2) is 24.3 Å². The Balaban J connectivity index is 2.39. The number of anilines is 1. The van der Waals surface area contributed by atoms with Crippen LogP contribution in [-0.4, -0.2) is 6.54 Å². The highest BCUT2D eigenvalue weighted by molar-refractivity contribution is 5.44. The molecule has 0 atom stereocenters. The van der Waals surface area contributed by atoms with Crippen molar-refractivity contribution in [3.8, 4) is 0 Å². The van der Waals surface area contributed by atoms with Gasteiger partial charge in [-0.2, -0.15) is 0 Å². The molecule has 1 aromatic rings. The number of nitrogens with one attached hydrogen (secondary N) is 1. The standard InChI is InChI=1S/C16H27N/c1-5-6-7-8-14-9-11-15(12-10-14)17-13-16(2,3)4/h9-12,17H,5-8,13H2,1-4H3. The van der Waals surface area contributed by atoms with Crippen LogP contribution < -0.4 is 5.32 Å². The first-order valence-electron chi connectivity index (χ1n) is 6.84. The van der Waals surface area contributed by atoms with Crippen LogP contribution in [0.5, 0.6) is 0 Å². The molecule has 17 heavy (non-hydrogen) atoms. The molecule has 0 saturated heterocycles. The third-order valence-electron chi connectivity index (χ3n) is 2.85. The van der Waals surface area contributed by atoms with Gasteiger partial charge in [-0.25, -0.2) is 0 Å². The fourth-order valence-corrected chi connectivity index (χ4v) is 1.74. The van der Waals surface area contributed by atoms with Crippen molar-refractivity contribution in [3.63, 3.8) is 0 Å². The predicted octanol–water partition coefficient (Wildman–Crippen LogP) is 4.88. The molecule has 0 aliphatic carbocycles. The van der Waals surface area contributed by atoms with Gasteiger partial charge in [0.1, 0.15) is 0 Å². The molecule has 0 aliphatic rings. The third kappa shape index (κ3) is 6.35. The summed E-state index contributed by atoms with van der Waals surface area (Å²) >= 11 is 0. The largest absolute Gasteiger partial charge is 0.385 e. The number of unbranched alkanes of at least 4 members (excludes halogenated alkanes) is 2. The summed E-state index contributed by atoms with van der Waals surface area (Å²) in [6.07, 6.45) is 5.16. The quantitative estimate of drug-likeness (QED) is 0.691. The van der Waals surface area contributed by atoms with Crippen LogP contribution in [0.3, 0.4) is 0 Å². The molecule has 0 saturated carbocycles. The summed E-state index contributed by atoms with van der Waals surface area (Å²) < 4.78 is 0. The molecule has 0 bridgehead atoms. The lowest BCUT2D eigenvalue weighted by atomic mass is 9.97. The number of aryl methyl sites for hydroxylation is 1. The molecular formula is C16H27N. The second-order valence-corrected chi connectivity index (χ2v) is 6.07. The van der Waals surface area contributed by atoms with Crippen molar-refractivity contribution in [1.29, 1.82) is 0 Å². The Morgan fingerprint density at radius 3 is 2.18 bits per heavy atom. The van der Waals surface area contributed by atoms with Crippen LogP contribution in [0, 0.1) is 5.41 Å². The summed E-state index contributed by atoms with van der Waals surface area (Å²) in [5.74, 6) is 0. The van der Waals surface area contributed by atoms with Crippen molar-refractivity contribution in [1.82, 2.24) is 0 Å². The fraction of sp³-hybridized carbons (Fsp3) is 0.625. The molecule has 1 N–H and O–H groups in total. The van der Waals surface area contributed by atoms with Gasteiger partial charge in [-0.1, -0.05) is 52.7 Å². The highest BCUT2D eigenvalue weighted by atomic mass is 14.9. The Morgan fingerprint density at radius 1 is 1.00 bits per heavy atom. The van der Waals surface area contributed by atoms with Gasteiger partial charge in [0.05, 0.1) is 0 Å². The van der Waals surface area contributed by atoms with Crippen molar-refractivity contribution in [2.24, 2.45) is 5.41 Å². The van der Waals surface area contributed by atoms with Crippen LogP contribution in [0.2, 0.25) is 0 Å². The van der Waals surface area contributed by atoms with E-state index >= 15 is 0 Å². The SMILES string of the molecule is CCCCCc1ccc(NCC(C)(C)C)cc1. The first kappa shape index (κ1) is 14.1. The molecule has 1 heteroatoms. The van der Waals surface area contributed by atoms with Gasteiger partial charge in [0.2, 0.25) is 0 Å². The van der Waals surface area contributed by atoms with Gasteiger partial charge in [-0.3, -0.25) is 0 Å². The average molecular weight is 233 g/mol. The summed E-state index contributed by atoms with van der Waals surface area (Å²) in [6, 6.07) is 8.90. The maximum atomic E-state index is 3.48.